The van der Waals surface area contributed by atoms with E-state index >= 15 is 0 Å². The SMILES string of the molecule is Cc1[nH]cnc1C1CCN(c2ncncc2-c2ccc(I)cc2)CC1. The molecule has 0 aliphatic carbocycles. The van der Waals surface area contributed by atoms with Crippen molar-refractivity contribution < 1.29 is 0 Å². The number of aromatic amines is 1. The molecule has 3 aromatic rings. The van der Waals surface area contributed by atoms with E-state index in [1.807, 2.05) is 6.20 Å². The Morgan fingerprint density at radius 2 is 1.88 bits per heavy atom. The van der Waals surface area contributed by atoms with Crippen molar-refractivity contribution in [2.75, 3.05) is 18.0 Å². The first-order chi connectivity index (χ1) is 12.2. The highest BCUT2D eigenvalue weighted by atomic mass is 127. The van der Waals surface area contributed by atoms with Crippen molar-refractivity contribution in [1.29, 1.82) is 0 Å². The largest absolute Gasteiger partial charge is 0.356 e. The van der Waals surface area contributed by atoms with Crippen LogP contribution >= 0.6 is 22.6 Å². The van der Waals surface area contributed by atoms with E-state index in [9.17, 15) is 0 Å². The van der Waals surface area contributed by atoms with Crippen LogP contribution in [-0.4, -0.2) is 33.0 Å². The molecule has 0 saturated carbocycles. The van der Waals surface area contributed by atoms with Crippen molar-refractivity contribution >= 4 is 28.4 Å². The van der Waals surface area contributed by atoms with E-state index in [0.717, 1.165) is 37.3 Å². The maximum atomic E-state index is 4.60. The Labute approximate surface area is 161 Å². The lowest BCUT2D eigenvalue weighted by Gasteiger charge is -2.33. The molecule has 0 bridgehead atoms. The van der Waals surface area contributed by atoms with Gasteiger partial charge in [0.2, 0.25) is 0 Å². The summed E-state index contributed by atoms with van der Waals surface area (Å²) in [4.78, 5) is 18.9. The van der Waals surface area contributed by atoms with Crippen molar-refractivity contribution in [3.05, 3.63) is 58.1 Å². The number of halogens is 1. The van der Waals surface area contributed by atoms with Gasteiger partial charge in [0.05, 0.1) is 12.0 Å². The second-order valence-corrected chi connectivity index (χ2v) is 7.69. The van der Waals surface area contributed by atoms with Gasteiger partial charge in [-0.1, -0.05) is 12.1 Å². The van der Waals surface area contributed by atoms with Crippen molar-refractivity contribution in [1.82, 2.24) is 19.9 Å². The third-order valence-electron chi connectivity index (χ3n) is 4.90. The summed E-state index contributed by atoms with van der Waals surface area (Å²) in [6.45, 7) is 4.09. The maximum absolute atomic E-state index is 4.60. The van der Waals surface area contributed by atoms with Crippen LogP contribution in [0.5, 0.6) is 0 Å². The van der Waals surface area contributed by atoms with Gasteiger partial charge < -0.3 is 9.88 Å². The minimum absolute atomic E-state index is 0.533. The summed E-state index contributed by atoms with van der Waals surface area (Å²) in [5.74, 6) is 1.57. The fourth-order valence-electron chi connectivity index (χ4n) is 3.55. The molecule has 3 heterocycles. The molecule has 1 aromatic carbocycles. The lowest BCUT2D eigenvalue weighted by Crippen LogP contribution is -2.34. The summed E-state index contributed by atoms with van der Waals surface area (Å²) in [5, 5.41) is 0. The smallest absolute Gasteiger partial charge is 0.139 e. The molecule has 0 atom stereocenters. The third kappa shape index (κ3) is 3.40. The number of H-pyrrole nitrogens is 1. The molecule has 1 saturated heterocycles. The molecule has 6 heteroatoms. The zero-order chi connectivity index (χ0) is 17.2. The van der Waals surface area contributed by atoms with Gasteiger partial charge >= 0.3 is 0 Å². The van der Waals surface area contributed by atoms with Gasteiger partial charge in [-0.15, -0.1) is 0 Å². The second-order valence-electron chi connectivity index (χ2n) is 6.44. The van der Waals surface area contributed by atoms with Crippen LogP contribution in [0.1, 0.15) is 30.1 Å². The van der Waals surface area contributed by atoms with Gasteiger partial charge in [0.1, 0.15) is 12.1 Å². The Morgan fingerprint density at radius 1 is 1.12 bits per heavy atom. The minimum atomic E-state index is 0.533. The Balaban J connectivity index is 1.56. The molecule has 1 aliphatic heterocycles. The van der Waals surface area contributed by atoms with Crippen LogP contribution in [0.15, 0.2) is 43.1 Å². The van der Waals surface area contributed by atoms with Crippen molar-refractivity contribution in [2.45, 2.75) is 25.7 Å². The van der Waals surface area contributed by atoms with Crippen LogP contribution in [0.4, 0.5) is 5.82 Å². The van der Waals surface area contributed by atoms with E-state index in [1.54, 1.807) is 12.7 Å². The number of piperidine rings is 1. The van der Waals surface area contributed by atoms with Crippen molar-refractivity contribution in [2.24, 2.45) is 0 Å². The quantitative estimate of drug-likeness (QED) is 0.616. The van der Waals surface area contributed by atoms with Crippen LogP contribution in [-0.2, 0) is 0 Å². The molecular formula is C19H20IN5. The predicted molar refractivity (Wildman–Crippen MR) is 108 cm³/mol. The number of imidazole rings is 1. The van der Waals surface area contributed by atoms with Crippen LogP contribution in [0.25, 0.3) is 11.1 Å². The number of aryl methyl sites for hydroxylation is 1. The number of nitrogens with one attached hydrogen (secondary N) is 1. The van der Waals surface area contributed by atoms with E-state index in [-0.39, 0.29) is 0 Å². The molecule has 0 radical (unpaired) electrons. The molecule has 1 N–H and O–H groups in total. The number of benzene rings is 1. The lowest BCUT2D eigenvalue weighted by atomic mass is 9.92. The molecule has 1 aliphatic rings. The zero-order valence-corrected chi connectivity index (χ0v) is 16.3. The normalized spacial score (nSPS) is 15.5. The van der Waals surface area contributed by atoms with Gasteiger partial charge in [0.15, 0.2) is 0 Å². The highest BCUT2D eigenvalue weighted by Gasteiger charge is 2.25. The number of rotatable bonds is 3. The molecular weight excluding hydrogens is 425 g/mol. The van der Waals surface area contributed by atoms with Gasteiger partial charge in [0, 0.05) is 40.0 Å². The molecule has 0 unspecified atom stereocenters. The first kappa shape index (κ1) is 16.5. The third-order valence-corrected chi connectivity index (χ3v) is 5.62. The first-order valence-corrected chi connectivity index (χ1v) is 9.61. The van der Waals surface area contributed by atoms with Crippen LogP contribution in [0, 0.1) is 10.5 Å². The maximum Gasteiger partial charge on any atom is 0.139 e. The predicted octanol–water partition coefficient (Wildman–Crippen LogP) is 4.16. The Hall–Kier alpha value is -1.96. The molecule has 5 nitrogen and oxygen atoms in total. The molecule has 25 heavy (non-hydrogen) atoms. The topological polar surface area (TPSA) is 57.7 Å². The van der Waals surface area contributed by atoms with Gasteiger partial charge in [0.25, 0.3) is 0 Å². The summed E-state index contributed by atoms with van der Waals surface area (Å²) in [6.07, 6.45) is 7.57. The molecule has 0 spiro atoms. The number of hydrogen-bond acceptors (Lipinski definition) is 4. The van der Waals surface area contributed by atoms with Gasteiger partial charge in [-0.2, -0.15) is 0 Å². The van der Waals surface area contributed by atoms with Crippen molar-refractivity contribution in [3.8, 4) is 11.1 Å². The fourth-order valence-corrected chi connectivity index (χ4v) is 3.91. The average Bonchev–Trinajstić information content (AvgIpc) is 3.09. The summed E-state index contributed by atoms with van der Waals surface area (Å²) in [6, 6.07) is 8.53. The fraction of sp³-hybridized carbons (Fsp3) is 0.316. The van der Waals surface area contributed by atoms with Gasteiger partial charge in [-0.25, -0.2) is 15.0 Å². The second kappa shape index (κ2) is 7.11. The van der Waals surface area contributed by atoms with Crippen LogP contribution < -0.4 is 4.90 Å². The molecule has 2 aromatic heterocycles. The van der Waals surface area contributed by atoms with E-state index in [2.05, 4.69) is 78.6 Å². The van der Waals surface area contributed by atoms with E-state index < -0.39 is 0 Å². The summed E-state index contributed by atoms with van der Waals surface area (Å²) in [7, 11) is 0. The van der Waals surface area contributed by atoms with E-state index in [4.69, 9.17) is 0 Å². The standard InChI is InChI=1S/C19H20IN5/c1-13-18(23-12-22-13)15-6-8-25(9-7-15)19-17(10-21-11-24-19)14-2-4-16(20)5-3-14/h2-5,10-12,15H,6-9H2,1H3,(H,22,23). The first-order valence-electron chi connectivity index (χ1n) is 8.53. The molecule has 1 fully saturated rings. The van der Waals surface area contributed by atoms with E-state index in [1.165, 1.54) is 20.5 Å². The number of anilines is 1. The monoisotopic (exact) mass is 445 g/mol. The lowest BCUT2D eigenvalue weighted by molar-refractivity contribution is 0.493. The Kier molecular flexibility index (Phi) is 4.70. The molecule has 128 valence electrons. The molecule has 0 amide bonds. The summed E-state index contributed by atoms with van der Waals surface area (Å²) in [5.41, 5.74) is 4.69. The summed E-state index contributed by atoms with van der Waals surface area (Å²) < 4.78 is 1.23. The van der Waals surface area contributed by atoms with Crippen LogP contribution in [0.2, 0.25) is 0 Å². The van der Waals surface area contributed by atoms with E-state index in [0.29, 0.717) is 5.92 Å². The van der Waals surface area contributed by atoms with Gasteiger partial charge in [-0.05, 0) is 60.1 Å². The Bertz CT molecular complexity index is 850. The Morgan fingerprint density at radius 3 is 2.56 bits per heavy atom. The number of hydrogen-bond donors (Lipinski definition) is 1. The highest BCUT2D eigenvalue weighted by molar-refractivity contribution is 14.1. The minimum Gasteiger partial charge on any atom is -0.356 e. The zero-order valence-electron chi connectivity index (χ0n) is 14.1. The number of aromatic nitrogens is 4. The van der Waals surface area contributed by atoms with Crippen LogP contribution in [0.3, 0.4) is 0 Å². The highest BCUT2D eigenvalue weighted by Crippen LogP contribution is 2.34. The van der Waals surface area contributed by atoms with Crippen molar-refractivity contribution in [3.63, 3.8) is 0 Å². The molecule has 4 rings (SSSR count). The number of nitrogens with zero attached hydrogens (tertiary/aromatic N) is 4. The summed E-state index contributed by atoms with van der Waals surface area (Å²) >= 11 is 2.33. The average molecular weight is 445 g/mol. The van der Waals surface area contributed by atoms with Gasteiger partial charge in [-0.3, -0.25) is 0 Å².